The van der Waals surface area contributed by atoms with E-state index in [0.717, 1.165) is 44.1 Å². The van der Waals surface area contributed by atoms with Crippen molar-refractivity contribution in [1.82, 2.24) is 19.5 Å². The minimum absolute atomic E-state index is 0.268. The summed E-state index contributed by atoms with van der Waals surface area (Å²) in [6.45, 7) is 4.67. The fourth-order valence-corrected chi connectivity index (χ4v) is 7.74. The van der Waals surface area contributed by atoms with Gasteiger partial charge in [-0.15, -0.1) is 0 Å². The standard InChI is InChI=1S/C42H28N4O/c1-42(2)31-23-21-28-27-17-10-12-20-34(27)47-38(28)35(31)30-22-24-33-36(37(30)42)29-18-9-11-19-32(29)46(33)41-44-39(25-13-5-3-6-14-25)43-40(45-41)26-15-7-4-8-16-26/h3-24H,1-2H3. The highest BCUT2D eigenvalue weighted by Gasteiger charge is 2.40. The third-order valence-electron chi connectivity index (χ3n) is 9.84. The molecule has 0 atom stereocenters. The van der Waals surface area contributed by atoms with Crippen LogP contribution in [0.5, 0.6) is 0 Å². The summed E-state index contributed by atoms with van der Waals surface area (Å²) >= 11 is 0. The van der Waals surface area contributed by atoms with Crippen molar-refractivity contribution in [2.24, 2.45) is 0 Å². The van der Waals surface area contributed by atoms with Gasteiger partial charge in [0, 0.05) is 43.7 Å². The second kappa shape index (κ2) is 9.47. The number of furan rings is 1. The van der Waals surface area contributed by atoms with E-state index in [2.05, 4.69) is 85.1 Å². The maximum Gasteiger partial charge on any atom is 0.238 e. The van der Waals surface area contributed by atoms with E-state index in [4.69, 9.17) is 19.4 Å². The van der Waals surface area contributed by atoms with Crippen LogP contribution in [0.25, 0.3) is 83.6 Å². The number of hydrogen-bond acceptors (Lipinski definition) is 4. The van der Waals surface area contributed by atoms with Crippen LogP contribution in [-0.2, 0) is 5.41 Å². The lowest BCUT2D eigenvalue weighted by Crippen LogP contribution is -2.15. The molecule has 0 fully saturated rings. The highest BCUT2D eigenvalue weighted by atomic mass is 16.3. The van der Waals surface area contributed by atoms with Crippen LogP contribution < -0.4 is 0 Å². The minimum atomic E-state index is -0.268. The normalized spacial score (nSPS) is 13.5. The third-order valence-corrected chi connectivity index (χ3v) is 9.84. The fraction of sp³-hybridized carbons (Fsp3) is 0.0714. The van der Waals surface area contributed by atoms with Gasteiger partial charge in [-0.05, 0) is 34.9 Å². The van der Waals surface area contributed by atoms with Gasteiger partial charge in [0.2, 0.25) is 5.95 Å². The number of nitrogens with zero attached hydrogens (tertiary/aromatic N) is 4. The molecule has 3 aromatic heterocycles. The molecule has 0 bridgehead atoms. The highest BCUT2D eigenvalue weighted by molar-refractivity contribution is 6.17. The van der Waals surface area contributed by atoms with E-state index in [1.165, 1.54) is 33.0 Å². The van der Waals surface area contributed by atoms with Crippen molar-refractivity contribution < 1.29 is 4.42 Å². The van der Waals surface area contributed by atoms with E-state index in [-0.39, 0.29) is 5.41 Å². The predicted octanol–water partition coefficient (Wildman–Crippen LogP) is 10.5. The van der Waals surface area contributed by atoms with Gasteiger partial charge in [-0.2, -0.15) is 9.97 Å². The first-order chi connectivity index (χ1) is 23.1. The molecule has 1 aliphatic rings. The van der Waals surface area contributed by atoms with Crippen molar-refractivity contribution in [3.8, 4) is 39.9 Å². The summed E-state index contributed by atoms with van der Waals surface area (Å²) in [5.74, 6) is 1.87. The van der Waals surface area contributed by atoms with Crippen LogP contribution in [0.3, 0.4) is 0 Å². The van der Waals surface area contributed by atoms with Crippen molar-refractivity contribution in [2.75, 3.05) is 0 Å². The summed E-state index contributed by atoms with van der Waals surface area (Å²) in [5, 5.41) is 4.68. The maximum atomic E-state index is 6.60. The zero-order valence-electron chi connectivity index (χ0n) is 25.9. The summed E-state index contributed by atoms with van der Waals surface area (Å²) in [4.78, 5) is 15.2. The molecule has 3 heterocycles. The van der Waals surface area contributed by atoms with Gasteiger partial charge in [0.15, 0.2) is 11.6 Å². The number of rotatable bonds is 3. The van der Waals surface area contributed by atoms with Gasteiger partial charge >= 0.3 is 0 Å². The lowest BCUT2D eigenvalue weighted by Gasteiger charge is -2.22. The number of para-hydroxylation sites is 2. The Labute approximate surface area is 270 Å². The summed E-state index contributed by atoms with van der Waals surface area (Å²) in [7, 11) is 0. The van der Waals surface area contributed by atoms with E-state index in [1.54, 1.807) is 0 Å². The Morgan fingerprint density at radius 3 is 1.91 bits per heavy atom. The molecule has 10 rings (SSSR count). The molecule has 5 nitrogen and oxygen atoms in total. The Hall–Kier alpha value is -6.07. The monoisotopic (exact) mass is 604 g/mol. The molecule has 0 saturated carbocycles. The van der Waals surface area contributed by atoms with Gasteiger partial charge in [0.25, 0.3) is 0 Å². The van der Waals surface area contributed by atoms with E-state index in [9.17, 15) is 0 Å². The minimum Gasteiger partial charge on any atom is -0.455 e. The molecule has 5 heteroatoms. The molecule has 0 unspecified atom stereocenters. The van der Waals surface area contributed by atoms with Crippen molar-refractivity contribution in [3.05, 3.63) is 145 Å². The van der Waals surface area contributed by atoms with Crippen molar-refractivity contribution in [2.45, 2.75) is 19.3 Å². The molecule has 1 aliphatic carbocycles. The van der Waals surface area contributed by atoms with Crippen LogP contribution in [0.1, 0.15) is 25.0 Å². The average molecular weight is 605 g/mol. The SMILES string of the molecule is CC1(C)c2ccc3c(oc4ccccc43)c2-c2ccc3c(c21)c1ccccc1n3-c1nc(-c2ccccc2)nc(-c2ccccc2)n1. The van der Waals surface area contributed by atoms with Gasteiger partial charge < -0.3 is 4.42 Å². The quantitative estimate of drug-likeness (QED) is 0.201. The molecule has 9 aromatic rings. The van der Waals surface area contributed by atoms with Crippen molar-refractivity contribution in [1.29, 1.82) is 0 Å². The maximum absolute atomic E-state index is 6.60. The number of aromatic nitrogens is 4. The molecule has 6 aromatic carbocycles. The number of benzene rings is 6. The second-order valence-electron chi connectivity index (χ2n) is 12.8. The molecule has 0 N–H and O–H groups in total. The molecule has 47 heavy (non-hydrogen) atoms. The largest absolute Gasteiger partial charge is 0.455 e. The Morgan fingerprint density at radius 1 is 0.553 bits per heavy atom. The van der Waals surface area contributed by atoms with Gasteiger partial charge in [-0.1, -0.05) is 129 Å². The molecular formula is C42H28N4O. The first kappa shape index (κ1) is 26.2. The van der Waals surface area contributed by atoms with Gasteiger partial charge in [-0.25, -0.2) is 4.98 Å². The molecule has 0 amide bonds. The average Bonchev–Trinajstić information content (AvgIpc) is 3.74. The van der Waals surface area contributed by atoms with Gasteiger partial charge in [0.1, 0.15) is 11.2 Å². The van der Waals surface area contributed by atoms with Crippen molar-refractivity contribution >= 4 is 43.7 Å². The smallest absolute Gasteiger partial charge is 0.238 e. The highest BCUT2D eigenvalue weighted by Crippen LogP contribution is 2.56. The Bertz CT molecular complexity index is 2640. The van der Waals surface area contributed by atoms with Gasteiger partial charge in [-0.3, -0.25) is 4.57 Å². The van der Waals surface area contributed by atoms with Crippen LogP contribution in [0.15, 0.2) is 138 Å². The van der Waals surface area contributed by atoms with Crippen LogP contribution >= 0.6 is 0 Å². The summed E-state index contributed by atoms with van der Waals surface area (Å²) in [5.41, 5.74) is 10.6. The fourth-order valence-electron chi connectivity index (χ4n) is 7.74. The van der Waals surface area contributed by atoms with E-state index < -0.39 is 0 Å². The molecule has 0 saturated heterocycles. The topological polar surface area (TPSA) is 56.7 Å². The Kier molecular flexibility index (Phi) is 5.28. The zero-order valence-corrected chi connectivity index (χ0v) is 25.9. The Morgan fingerprint density at radius 2 is 1.19 bits per heavy atom. The molecular weight excluding hydrogens is 576 g/mol. The lowest BCUT2D eigenvalue weighted by atomic mass is 9.80. The van der Waals surface area contributed by atoms with Crippen molar-refractivity contribution in [3.63, 3.8) is 0 Å². The predicted molar refractivity (Wildman–Crippen MR) is 190 cm³/mol. The summed E-state index contributed by atoms with van der Waals surface area (Å²) in [6, 6.07) is 46.2. The first-order valence-electron chi connectivity index (χ1n) is 16.0. The molecule has 0 radical (unpaired) electrons. The van der Waals surface area contributed by atoms with Gasteiger partial charge in [0.05, 0.1) is 11.0 Å². The van der Waals surface area contributed by atoms with E-state index in [0.29, 0.717) is 17.6 Å². The summed E-state index contributed by atoms with van der Waals surface area (Å²) in [6.07, 6.45) is 0. The van der Waals surface area contributed by atoms with Crippen LogP contribution in [0.2, 0.25) is 0 Å². The molecule has 0 aliphatic heterocycles. The number of fused-ring (bicyclic) bond motifs is 11. The van der Waals surface area contributed by atoms with Crippen LogP contribution in [0.4, 0.5) is 0 Å². The van der Waals surface area contributed by atoms with E-state index >= 15 is 0 Å². The first-order valence-corrected chi connectivity index (χ1v) is 16.0. The second-order valence-corrected chi connectivity index (χ2v) is 12.8. The number of hydrogen-bond donors (Lipinski definition) is 0. The summed E-state index contributed by atoms with van der Waals surface area (Å²) < 4.78 is 8.81. The van der Waals surface area contributed by atoms with Crippen LogP contribution in [-0.4, -0.2) is 19.5 Å². The van der Waals surface area contributed by atoms with E-state index in [1.807, 2.05) is 66.7 Å². The molecule has 0 spiro atoms. The molecule has 222 valence electrons. The Balaban J connectivity index is 1.30. The third kappa shape index (κ3) is 3.62. The zero-order chi connectivity index (χ0) is 31.3. The van der Waals surface area contributed by atoms with Crippen LogP contribution in [0, 0.1) is 0 Å². The lowest BCUT2D eigenvalue weighted by molar-refractivity contribution is 0.657.